The fourth-order valence-corrected chi connectivity index (χ4v) is 4.48. The van der Waals surface area contributed by atoms with Crippen LogP contribution in [0.3, 0.4) is 0 Å². The third kappa shape index (κ3) is 5.08. The van der Waals surface area contributed by atoms with Crippen molar-refractivity contribution in [3.8, 4) is 0 Å². The molecule has 1 saturated carbocycles. The Morgan fingerprint density at radius 1 is 1.15 bits per heavy atom. The van der Waals surface area contributed by atoms with Gasteiger partial charge in [0.05, 0.1) is 11.4 Å². The van der Waals surface area contributed by atoms with Gasteiger partial charge in [0.2, 0.25) is 21.8 Å². The normalized spacial score (nSPS) is 18.6. The van der Waals surface area contributed by atoms with Gasteiger partial charge in [-0.05, 0) is 49.9 Å². The third-order valence-electron chi connectivity index (χ3n) is 5.02. The Morgan fingerprint density at radius 3 is 2.30 bits per heavy atom. The summed E-state index contributed by atoms with van der Waals surface area (Å²) >= 11 is 3.28. The Kier molecular flexibility index (Phi) is 6.22. The van der Waals surface area contributed by atoms with Crippen molar-refractivity contribution in [2.45, 2.75) is 36.6 Å². The Hall–Kier alpha value is -1.45. The Morgan fingerprint density at radius 2 is 1.74 bits per heavy atom. The number of nitrogens with zero attached hydrogens (tertiary/aromatic N) is 2. The lowest BCUT2D eigenvalue weighted by atomic mass is 9.96. The fourth-order valence-electron chi connectivity index (χ4n) is 3.10. The molecule has 0 atom stereocenters. The molecule has 1 aromatic carbocycles. The van der Waals surface area contributed by atoms with Gasteiger partial charge in [-0.1, -0.05) is 15.9 Å². The van der Waals surface area contributed by atoms with Crippen LogP contribution >= 0.6 is 15.9 Å². The van der Waals surface area contributed by atoms with Crippen LogP contribution in [0.1, 0.15) is 25.7 Å². The Bertz CT molecular complexity index is 800. The number of likely N-dealkylation sites (N-methyl/N-ethyl adjacent to an activating group) is 1. The summed E-state index contributed by atoms with van der Waals surface area (Å²) in [7, 11) is -2.31. The highest BCUT2D eigenvalue weighted by Gasteiger charge is 2.32. The lowest BCUT2D eigenvalue weighted by Crippen LogP contribution is -2.47. The molecular formula is C18H24BrN3O4S. The van der Waals surface area contributed by atoms with E-state index in [0.29, 0.717) is 32.0 Å². The zero-order chi connectivity index (χ0) is 19.6. The van der Waals surface area contributed by atoms with Crippen LogP contribution in [0, 0.1) is 5.92 Å². The van der Waals surface area contributed by atoms with Gasteiger partial charge in [-0.2, -0.15) is 4.31 Å². The van der Waals surface area contributed by atoms with E-state index < -0.39 is 10.0 Å². The molecule has 2 aliphatic rings. The van der Waals surface area contributed by atoms with Crippen molar-refractivity contribution in [2.24, 2.45) is 5.92 Å². The predicted molar refractivity (Wildman–Crippen MR) is 104 cm³/mol. The SMILES string of the molecule is CN(CC(=O)N1CCC(C(=O)NC2CC2)CC1)S(=O)(=O)c1ccc(Br)cc1. The summed E-state index contributed by atoms with van der Waals surface area (Å²) < 4.78 is 27.1. The Labute approximate surface area is 168 Å². The average molecular weight is 458 g/mol. The molecule has 1 N–H and O–H groups in total. The van der Waals surface area contributed by atoms with Crippen LogP contribution in [0.2, 0.25) is 0 Å². The number of hydrogen-bond donors (Lipinski definition) is 1. The number of likely N-dealkylation sites (tertiary alicyclic amines) is 1. The molecule has 0 radical (unpaired) electrons. The van der Waals surface area contributed by atoms with Crippen molar-refractivity contribution in [2.75, 3.05) is 26.7 Å². The van der Waals surface area contributed by atoms with Gasteiger partial charge >= 0.3 is 0 Å². The number of hydrogen-bond acceptors (Lipinski definition) is 4. The number of nitrogens with one attached hydrogen (secondary N) is 1. The summed E-state index contributed by atoms with van der Waals surface area (Å²) in [5, 5.41) is 3.01. The van der Waals surface area contributed by atoms with E-state index in [1.807, 2.05) is 0 Å². The lowest BCUT2D eigenvalue weighted by molar-refractivity contribution is -0.135. The number of benzene rings is 1. The highest BCUT2D eigenvalue weighted by Crippen LogP contribution is 2.23. The smallest absolute Gasteiger partial charge is 0.243 e. The maximum absolute atomic E-state index is 12.6. The van der Waals surface area contributed by atoms with E-state index in [0.717, 1.165) is 21.6 Å². The molecule has 0 aromatic heterocycles. The minimum Gasteiger partial charge on any atom is -0.353 e. The zero-order valence-electron chi connectivity index (χ0n) is 15.2. The largest absolute Gasteiger partial charge is 0.353 e. The minimum absolute atomic E-state index is 0.0566. The van der Waals surface area contributed by atoms with Crippen LogP contribution in [-0.2, 0) is 19.6 Å². The van der Waals surface area contributed by atoms with Gasteiger partial charge in [0, 0.05) is 36.6 Å². The van der Waals surface area contributed by atoms with E-state index in [-0.39, 0.29) is 29.2 Å². The zero-order valence-corrected chi connectivity index (χ0v) is 17.6. The van der Waals surface area contributed by atoms with Crippen LogP contribution in [-0.4, -0.2) is 62.2 Å². The summed E-state index contributed by atoms with van der Waals surface area (Å²) in [5.74, 6) is -0.211. The van der Waals surface area contributed by atoms with Gasteiger partial charge < -0.3 is 10.2 Å². The molecule has 0 bridgehead atoms. The molecule has 1 heterocycles. The molecule has 1 aromatic rings. The molecule has 9 heteroatoms. The van der Waals surface area contributed by atoms with Crippen LogP contribution in [0.15, 0.2) is 33.6 Å². The van der Waals surface area contributed by atoms with Crippen molar-refractivity contribution in [1.82, 2.24) is 14.5 Å². The van der Waals surface area contributed by atoms with Gasteiger partial charge in [0.1, 0.15) is 0 Å². The first-order valence-corrected chi connectivity index (χ1v) is 11.3. The number of amides is 2. The summed E-state index contributed by atoms with van der Waals surface area (Å²) in [6.07, 6.45) is 3.35. The van der Waals surface area contributed by atoms with Crippen molar-refractivity contribution in [1.29, 1.82) is 0 Å². The fraction of sp³-hybridized carbons (Fsp3) is 0.556. The van der Waals surface area contributed by atoms with Crippen LogP contribution in [0.25, 0.3) is 0 Å². The summed E-state index contributed by atoms with van der Waals surface area (Å²) in [6, 6.07) is 6.66. The van der Waals surface area contributed by atoms with E-state index in [4.69, 9.17) is 0 Å². The van der Waals surface area contributed by atoms with E-state index in [9.17, 15) is 18.0 Å². The highest BCUT2D eigenvalue weighted by atomic mass is 79.9. The summed E-state index contributed by atoms with van der Waals surface area (Å²) in [4.78, 5) is 26.4. The number of halogens is 1. The van der Waals surface area contributed by atoms with Crippen molar-refractivity contribution in [3.63, 3.8) is 0 Å². The second-order valence-corrected chi connectivity index (χ2v) is 10.1. The first kappa shape index (κ1) is 20.3. The van der Waals surface area contributed by atoms with Crippen molar-refractivity contribution in [3.05, 3.63) is 28.7 Å². The second-order valence-electron chi connectivity index (χ2n) is 7.15. The molecule has 7 nitrogen and oxygen atoms in total. The molecule has 1 aliphatic heterocycles. The lowest BCUT2D eigenvalue weighted by Gasteiger charge is -2.32. The maximum Gasteiger partial charge on any atom is 0.243 e. The molecule has 27 heavy (non-hydrogen) atoms. The molecule has 1 aliphatic carbocycles. The van der Waals surface area contributed by atoms with Gasteiger partial charge in [-0.3, -0.25) is 9.59 Å². The molecule has 0 spiro atoms. The average Bonchev–Trinajstić information content (AvgIpc) is 3.46. The van der Waals surface area contributed by atoms with Gasteiger partial charge in [-0.15, -0.1) is 0 Å². The molecule has 148 valence electrons. The molecule has 2 amide bonds. The van der Waals surface area contributed by atoms with E-state index in [1.54, 1.807) is 17.0 Å². The molecule has 1 saturated heterocycles. The first-order valence-electron chi connectivity index (χ1n) is 9.07. The van der Waals surface area contributed by atoms with Crippen molar-refractivity contribution < 1.29 is 18.0 Å². The minimum atomic E-state index is -3.72. The van der Waals surface area contributed by atoms with E-state index in [1.165, 1.54) is 19.2 Å². The first-order chi connectivity index (χ1) is 12.8. The monoisotopic (exact) mass is 457 g/mol. The standard InChI is InChI=1S/C18H24BrN3O4S/c1-21(27(25,26)16-6-2-14(19)3-7-16)12-17(23)22-10-8-13(9-11-22)18(24)20-15-4-5-15/h2-3,6-7,13,15H,4-5,8-12H2,1H3,(H,20,24). The van der Waals surface area contributed by atoms with Gasteiger partial charge in [0.15, 0.2) is 0 Å². The number of sulfonamides is 1. The van der Waals surface area contributed by atoms with Crippen LogP contribution in [0.5, 0.6) is 0 Å². The van der Waals surface area contributed by atoms with E-state index >= 15 is 0 Å². The third-order valence-corrected chi connectivity index (χ3v) is 7.37. The molecule has 3 rings (SSSR count). The molecule has 0 unspecified atom stereocenters. The number of carbonyl (C=O) groups is 2. The highest BCUT2D eigenvalue weighted by molar-refractivity contribution is 9.10. The maximum atomic E-state index is 12.6. The number of piperidine rings is 1. The van der Waals surface area contributed by atoms with Crippen molar-refractivity contribution >= 4 is 37.8 Å². The topological polar surface area (TPSA) is 86.8 Å². The van der Waals surface area contributed by atoms with Gasteiger partial charge in [-0.25, -0.2) is 8.42 Å². The quantitative estimate of drug-likeness (QED) is 0.702. The molecule has 2 fully saturated rings. The van der Waals surface area contributed by atoms with E-state index in [2.05, 4.69) is 21.2 Å². The molecular weight excluding hydrogens is 434 g/mol. The second kappa shape index (κ2) is 8.28. The summed E-state index contributed by atoms with van der Waals surface area (Å²) in [6.45, 7) is 0.749. The number of carbonyl (C=O) groups excluding carboxylic acids is 2. The van der Waals surface area contributed by atoms with Gasteiger partial charge in [0.25, 0.3) is 0 Å². The number of rotatable bonds is 6. The van der Waals surface area contributed by atoms with Crippen LogP contribution in [0.4, 0.5) is 0 Å². The van der Waals surface area contributed by atoms with Crippen LogP contribution < -0.4 is 5.32 Å². The summed E-state index contributed by atoms with van der Waals surface area (Å²) in [5.41, 5.74) is 0. The Balaban J connectivity index is 1.52. The predicted octanol–water partition coefficient (Wildman–Crippen LogP) is 1.59.